The van der Waals surface area contributed by atoms with Crippen LogP contribution in [0.3, 0.4) is 0 Å². The highest BCUT2D eigenvalue weighted by molar-refractivity contribution is 5.94. The Hall–Kier alpha value is -2.86. The molecule has 0 spiro atoms. The number of aliphatic carboxylic acids is 1. The van der Waals surface area contributed by atoms with Crippen LogP contribution in [0.5, 0.6) is 5.75 Å². The van der Waals surface area contributed by atoms with Crippen LogP contribution in [0.1, 0.15) is 61.3 Å². The van der Waals surface area contributed by atoms with Crippen molar-refractivity contribution in [1.82, 2.24) is 4.57 Å². The van der Waals surface area contributed by atoms with E-state index in [-0.39, 0.29) is 23.4 Å². The van der Waals surface area contributed by atoms with Crippen molar-refractivity contribution < 1.29 is 24.1 Å². The number of phenols is 1. The molecule has 0 unspecified atom stereocenters. The van der Waals surface area contributed by atoms with E-state index >= 15 is 0 Å². The van der Waals surface area contributed by atoms with Crippen molar-refractivity contribution in [3.63, 3.8) is 0 Å². The minimum atomic E-state index is -0.775. The molecule has 0 radical (unpaired) electrons. The zero-order valence-corrected chi connectivity index (χ0v) is 18.4. The molecule has 1 aliphatic heterocycles. The van der Waals surface area contributed by atoms with E-state index in [1.165, 1.54) is 6.07 Å². The maximum Gasteiger partial charge on any atom is 0.309 e. The van der Waals surface area contributed by atoms with Crippen LogP contribution in [0.15, 0.2) is 36.4 Å². The highest BCUT2D eigenvalue weighted by Gasteiger charge is 2.49. The third-order valence-corrected chi connectivity index (χ3v) is 7.37. The zero-order chi connectivity index (χ0) is 22.6. The van der Waals surface area contributed by atoms with Gasteiger partial charge in [-0.1, -0.05) is 6.07 Å². The van der Waals surface area contributed by atoms with Crippen molar-refractivity contribution in [3.05, 3.63) is 59.0 Å². The predicted molar refractivity (Wildman–Crippen MR) is 120 cm³/mol. The third-order valence-electron chi connectivity index (χ3n) is 7.37. The van der Waals surface area contributed by atoms with Crippen LogP contribution in [0, 0.1) is 18.2 Å². The SMILES string of the molecule is Cc1cc(-n2c(C3CCOCC3)c(C3CC(C)(C(=O)O)C3)c3c(O)cccc32)ccc1F. The second-order valence-corrected chi connectivity index (χ2v) is 9.60. The molecule has 2 N–H and O–H groups in total. The monoisotopic (exact) mass is 437 g/mol. The Morgan fingerprint density at radius 2 is 1.88 bits per heavy atom. The molecule has 3 aromatic rings. The molecule has 2 fully saturated rings. The zero-order valence-electron chi connectivity index (χ0n) is 18.4. The second-order valence-electron chi connectivity index (χ2n) is 9.60. The van der Waals surface area contributed by atoms with Gasteiger partial charge in [-0.25, -0.2) is 4.39 Å². The summed E-state index contributed by atoms with van der Waals surface area (Å²) in [5.74, 6) is -0.562. The fourth-order valence-electron chi connectivity index (χ4n) is 5.61. The number of fused-ring (bicyclic) bond motifs is 1. The Kier molecular flexibility index (Phi) is 5.01. The Morgan fingerprint density at radius 1 is 1.16 bits per heavy atom. The largest absolute Gasteiger partial charge is 0.507 e. The van der Waals surface area contributed by atoms with Gasteiger partial charge in [-0.15, -0.1) is 0 Å². The smallest absolute Gasteiger partial charge is 0.309 e. The van der Waals surface area contributed by atoms with Gasteiger partial charge in [0.25, 0.3) is 0 Å². The van der Waals surface area contributed by atoms with Crippen molar-refractivity contribution in [1.29, 1.82) is 0 Å². The average Bonchev–Trinajstić information content (AvgIpc) is 3.10. The molecule has 5 rings (SSSR count). The molecule has 2 heterocycles. The van der Waals surface area contributed by atoms with Crippen LogP contribution in [0.4, 0.5) is 4.39 Å². The summed E-state index contributed by atoms with van der Waals surface area (Å²) in [5, 5.41) is 21.4. The molecule has 1 saturated heterocycles. The normalized spacial score (nSPS) is 23.9. The lowest BCUT2D eigenvalue weighted by Crippen LogP contribution is -2.40. The van der Waals surface area contributed by atoms with Crippen molar-refractivity contribution in [2.24, 2.45) is 5.41 Å². The first-order chi connectivity index (χ1) is 15.3. The maximum atomic E-state index is 14.1. The van der Waals surface area contributed by atoms with E-state index in [1.807, 2.05) is 18.2 Å². The summed E-state index contributed by atoms with van der Waals surface area (Å²) < 4.78 is 21.9. The van der Waals surface area contributed by atoms with Gasteiger partial charge < -0.3 is 19.5 Å². The molecule has 0 amide bonds. The molecule has 0 bridgehead atoms. The van der Waals surface area contributed by atoms with Crippen LogP contribution in [-0.4, -0.2) is 34.0 Å². The molecule has 6 heteroatoms. The van der Waals surface area contributed by atoms with Crippen LogP contribution >= 0.6 is 0 Å². The number of halogens is 1. The topological polar surface area (TPSA) is 71.7 Å². The van der Waals surface area contributed by atoms with Crippen molar-refractivity contribution in [2.45, 2.75) is 51.4 Å². The standard InChI is InChI=1S/C26H28FNO4/c1-15-12-18(6-7-19(15)27)28-20-4-3-5-21(29)23(20)22(17-13-26(2,14-17)25(30)31)24(28)16-8-10-32-11-9-16/h3-7,12,16-17,29H,8-11,13-14H2,1-2H3,(H,30,31). The van der Waals surface area contributed by atoms with Gasteiger partial charge in [0.05, 0.1) is 10.9 Å². The maximum absolute atomic E-state index is 14.1. The molecule has 2 aliphatic rings. The van der Waals surface area contributed by atoms with Gasteiger partial charge >= 0.3 is 5.97 Å². The van der Waals surface area contributed by atoms with Crippen LogP contribution in [0.2, 0.25) is 0 Å². The quantitative estimate of drug-likeness (QED) is 0.554. The summed E-state index contributed by atoms with van der Waals surface area (Å²) in [7, 11) is 0. The Bertz CT molecular complexity index is 1200. The number of carbonyl (C=O) groups is 1. The van der Waals surface area contributed by atoms with E-state index in [4.69, 9.17) is 4.74 Å². The van der Waals surface area contributed by atoms with E-state index in [9.17, 15) is 19.4 Å². The number of carboxylic acid groups (broad SMARTS) is 1. The molecule has 32 heavy (non-hydrogen) atoms. The van der Waals surface area contributed by atoms with Gasteiger partial charge in [-0.05, 0) is 86.9 Å². The number of carboxylic acids is 1. The number of aromatic nitrogens is 1. The number of ether oxygens (including phenoxy) is 1. The minimum Gasteiger partial charge on any atom is -0.507 e. The first-order valence-electron chi connectivity index (χ1n) is 11.2. The first-order valence-corrected chi connectivity index (χ1v) is 11.2. The molecule has 2 aromatic carbocycles. The fraction of sp³-hybridized carbons (Fsp3) is 0.423. The summed E-state index contributed by atoms with van der Waals surface area (Å²) >= 11 is 0. The fourth-order valence-corrected chi connectivity index (χ4v) is 5.61. The summed E-state index contributed by atoms with van der Waals surface area (Å²) in [4.78, 5) is 11.8. The highest BCUT2D eigenvalue weighted by Crippen LogP contribution is 2.56. The van der Waals surface area contributed by atoms with Gasteiger partial charge in [-0.3, -0.25) is 4.79 Å². The predicted octanol–water partition coefficient (Wildman–Crippen LogP) is 5.65. The average molecular weight is 438 g/mol. The lowest BCUT2D eigenvalue weighted by molar-refractivity contribution is -0.154. The number of aromatic hydroxyl groups is 1. The van der Waals surface area contributed by atoms with Crippen molar-refractivity contribution in [2.75, 3.05) is 13.2 Å². The lowest BCUT2D eigenvalue weighted by Gasteiger charge is -2.43. The Balaban J connectivity index is 1.78. The molecule has 5 nitrogen and oxygen atoms in total. The molecule has 168 valence electrons. The van der Waals surface area contributed by atoms with Gasteiger partial charge in [0, 0.05) is 35.9 Å². The van der Waals surface area contributed by atoms with Crippen LogP contribution in [-0.2, 0) is 9.53 Å². The number of aryl methyl sites for hydroxylation is 1. The summed E-state index contributed by atoms with van der Waals surface area (Å²) in [6.45, 7) is 4.87. The summed E-state index contributed by atoms with van der Waals surface area (Å²) in [6, 6.07) is 10.6. The second kappa shape index (κ2) is 7.62. The van der Waals surface area contributed by atoms with E-state index in [2.05, 4.69) is 4.57 Å². The molecular formula is C26H28FNO4. The Morgan fingerprint density at radius 3 is 2.53 bits per heavy atom. The first kappa shape index (κ1) is 21.0. The lowest BCUT2D eigenvalue weighted by atomic mass is 9.60. The minimum absolute atomic E-state index is 0.0486. The van der Waals surface area contributed by atoms with Crippen LogP contribution < -0.4 is 0 Å². The summed E-state index contributed by atoms with van der Waals surface area (Å²) in [6.07, 6.45) is 2.78. The Labute approximate surface area is 186 Å². The van der Waals surface area contributed by atoms with Crippen molar-refractivity contribution in [3.8, 4) is 11.4 Å². The number of nitrogens with zero attached hydrogens (tertiary/aromatic N) is 1. The summed E-state index contributed by atoms with van der Waals surface area (Å²) in [5.41, 5.74) is 3.69. The van der Waals surface area contributed by atoms with Crippen molar-refractivity contribution >= 4 is 16.9 Å². The van der Waals surface area contributed by atoms with E-state index < -0.39 is 11.4 Å². The van der Waals surface area contributed by atoms with Gasteiger partial charge in [0.1, 0.15) is 11.6 Å². The molecule has 1 aliphatic carbocycles. The van der Waals surface area contributed by atoms with Gasteiger partial charge in [0.2, 0.25) is 0 Å². The number of hydrogen-bond donors (Lipinski definition) is 2. The van der Waals surface area contributed by atoms with Gasteiger partial charge in [0.15, 0.2) is 0 Å². The number of hydrogen-bond acceptors (Lipinski definition) is 3. The van der Waals surface area contributed by atoms with E-state index in [0.717, 1.165) is 40.7 Å². The van der Waals surface area contributed by atoms with Gasteiger partial charge in [-0.2, -0.15) is 0 Å². The number of benzene rings is 2. The molecule has 0 atom stereocenters. The third kappa shape index (κ3) is 3.20. The van der Waals surface area contributed by atoms with Crippen LogP contribution in [0.25, 0.3) is 16.6 Å². The van der Waals surface area contributed by atoms with E-state index in [0.29, 0.717) is 31.6 Å². The molecule has 1 aromatic heterocycles. The van der Waals surface area contributed by atoms with E-state index in [1.54, 1.807) is 26.0 Å². The molecule has 1 saturated carbocycles. The number of rotatable bonds is 4. The highest BCUT2D eigenvalue weighted by atomic mass is 19.1. The molecular weight excluding hydrogens is 409 g/mol. The number of phenolic OH excluding ortho intramolecular Hbond substituents is 1.